The van der Waals surface area contributed by atoms with Crippen molar-refractivity contribution in [2.24, 2.45) is 0 Å². The van der Waals surface area contributed by atoms with E-state index in [-0.39, 0.29) is 12.1 Å². The molecule has 2 aromatic rings. The summed E-state index contributed by atoms with van der Waals surface area (Å²) in [4.78, 5) is 12.1. The molecule has 0 fully saturated rings. The number of halogens is 1. The Morgan fingerprint density at radius 2 is 1.81 bits per heavy atom. The Hall–Kier alpha value is -2.40. The summed E-state index contributed by atoms with van der Waals surface area (Å²) in [6.07, 6.45) is 0.0284. The summed E-state index contributed by atoms with van der Waals surface area (Å²) in [6, 6.07) is 10.8. The summed E-state index contributed by atoms with van der Waals surface area (Å²) in [6.45, 7) is 8.48. The number of urea groups is 1. The van der Waals surface area contributed by atoms with Gasteiger partial charge in [-0.25, -0.2) is 4.79 Å². The Morgan fingerprint density at radius 3 is 2.46 bits per heavy atom. The highest BCUT2D eigenvalue weighted by molar-refractivity contribution is 6.32. The Labute approximate surface area is 159 Å². The number of rotatable bonds is 7. The van der Waals surface area contributed by atoms with Crippen molar-refractivity contribution in [1.29, 1.82) is 0 Å². The van der Waals surface area contributed by atoms with E-state index in [0.29, 0.717) is 24.6 Å². The third kappa shape index (κ3) is 5.85. The van der Waals surface area contributed by atoms with E-state index in [1.54, 1.807) is 6.07 Å². The van der Waals surface area contributed by atoms with Crippen LogP contribution < -0.4 is 20.1 Å². The standard InChI is InChI=1S/C20H25ClN2O3/c1-13(2)26-18-8-6-5-7-17(18)23-20(24)22-9-10-25-16-11-14(3)19(21)15(4)12-16/h5-8,11-13H,9-10H2,1-4H3,(H2,22,23,24). The van der Waals surface area contributed by atoms with Gasteiger partial charge in [-0.05, 0) is 63.1 Å². The number of hydrogen-bond donors (Lipinski definition) is 2. The maximum atomic E-state index is 12.1. The van der Waals surface area contributed by atoms with Crippen molar-refractivity contribution in [3.8, 4) is 11.5 Å². The first kappa shape index (κ1) is 19.9. The molecule has 0 radical (unpaired) electrons. The van der Waals surface area contributed by atoms with Crippen LogP contribution in [-0.4, -0.2) is 25.3 Å². The molecule has 0 aromatic heterocycles. The van der Waals surface area contributed by atoms with Crippen LogP contribution in [0, 0.1) is 13.8 Å². The molecule has 5 nitrogen and oxygen atoms in total. The van der Waals surface area contributed by atoms with Crippen molar-refractivity contribution >= 4 is 23.3 Å². The minimum atomic E-state index is -0.308. The van der Waals surface area contributed by atoms with Crippen LogP contribution in [0.3, 0.4) is 0 Å². The van der Waals surface area contributed by atoms with E-state index in [0.717, 1.165) is 21.9 Å². The van der Waals surface area contributed by atoms with Crippen LogP contribution in [0.5, 0.6) is 11.5 Å². The van der Waals surface area contributed by atoms with E-state index in [1.807, 2.05) is 58.0 Å². The fourth-order valence-electron chi connectivity index (χ4n) is 2.42. The van der Waals surface area contributed by atoms with Crippen LogP contribution in [0.4, 0.5) is 10.5 Å². The summed E-state index contributed by atoms with van der Waals surface area (Å²) < 4.78 is 11.4. The summed E-state index contributed by atoms with van der Waals surface area (Å²) >= 11 is 6.14. The largest absolute Gasteiger partial charge is 0.492 e. The Kier molecular flexibility index (Phi) is 7.16. The quantitative estimate of drug-likeness (QED) is 0.672. The second kappa shape index (κ2) is 9.34. The Morgan fingerprint density at radius 1 is 1.15 bits per heavy atom. The van der Waals surface area contributed by atoms with E-state index in [1.165, 1.54) is 0 Å². The molecule has 0 saturated heterocycles. The number of benzene rings is 2. The lowest BCUT2D eigenvalue weighted by Gasteiger charge is -2.15. The number of carbonyl (C=O) groups is 1. The SMILES string of the molecule is Cc1cc(OCCNC(=O)Nc2ccccc2OC(C)C)cc(C)c1Cl. The highest BCUT2D eigenvalue weighted by Crippen LogP contribution is 2.26. The number of nitrogens with one attached hydrogen (secondary N) is 2. The molecule has 2 N–H and O–H groups in total. The van der Waals surface area contributed by atoms with Gasteiger partial charge in [0.15, 0.2) is 0 Å². The molecule has 6 heteroatoms. The van der Waals surface area contributed by atoms with Gasteiger partial charge in [0.25, 0.3) is 0 Å². The van der Waals surface area contributed by atoms with Gasteiger partial charge < -0.3 is 20.1 Å². The molecule has 140 valence electrons. The molecule has 2 amide bonds. The first-order chi connectivity index (χ1) is 12.4. The van der Waals surface area contributed by atoms with Gasteiger partial charge in [0.1, 0.15) is 18.1 Å². The molecule has 0 atom stereocenters. The molecule has 0 aliphatic carbocycles. The molecule has 2 rings (SSSR count). The first-order valence-corrected chi connectivity index (χ1v) is 8.94. The molecule has 0 saturated carbocycles. The highest BCUT2D eigenvalue weighted by atomic mass is 35.5. The predicted octanol–water partition coefficient (Wildman–Crippen LogP) is 4.94. The lowest BCUT2D eigenvalue weighted by molar-refractivity contribution is 0.240. The fourth-order valence-corrected chi connectivity index (χ4v) is 2.53. The van der Waals surface area contributed by atoms with Gasteiger partial charge in [-0.2, -0.15) is 0 Å². The third-order valence-corrected chi connectivity index (χ3v) is 4.16. The van der Waals surface area contributed by atoms with Crippen LogP contribution in [0.2, 0.25) is 5.02 Å². The van der Waals surface area contributed by atoms with E-state index in [2.05, 4.69) is 10.6 Å². The van der Waals surface area contributed by atoms with Crippen LogP contribution in [0.1, 0.15) is 25.0 Å². The molecular weight excluding hydrogens is 352 g/mol. The molecule has 0 bridgehead atoms. The van der Waals surface area contributed by atoms with Gasteiger partial charge in [0.2, 0.25) is 0 Å². The summed E-state index contributed by atoms with van der Waals surface area (Å²) in [5, 5.41) is 6.31. The second-order valence-corrected chi connectivity index (χ2v) is 6.64. The van der Waals surface area contributed by atoms with Gasteiger partial charge in [-0.1, -0.05) is 23.7 Å². The maximum absolute atomic E-state index is 12.1. The molecule has 2 aromatic carbocycles. The highest BCUT2D eigenvalue weighted by Gasteiger charge is 2.08. The van der Waals surface area contributed by atoms with E-state index in [4.69, 9.17) is 21.1 Å². The topological polar surface area (TPSA) is 59.6 Å². The minimum Gasteiger partial charge on any atom is -0.492 e. The zero-order chi connectivity index (χ0) is 19.1. The van der Waals surface area contributed by atoms with Crippen molar-refractivity contribution in [2.45, 2.75) is 33.8 Å². The summed E-state index contributed by atoms with van der Waals surface area (Å²) in [7, 11) is 0. The lowest BCUT2D eigenvalue weighted by atomic mass is 10.1. The third-order valence-electron chi connectivity index (χ3n) is 3.56. The molecular formula is C20H25ClN2O3. The van der Waals surface area contributed by atoms with Gasteiger partial charge in [0, 0.05) is 5.02 Å². The number of para-hydroxylation sites is 2. The lowest BCUT2D eigenvalue weighted by Crippen LogP contribution is -2.32. The van der Waals surface area contributed by atoms with Crippen molar-refractivity contribution in [3.63, 3.8) is 0 Å². The first-order valence-electron chi connectivity index (χ1n) is 8.57. The maximum Gasteiger partial charge on any atom is 0.319 e. The summed E-state index contributed by atoms with van der Waals surface area (Å²) in [5.41, 5.74) is 2.56. The van der Waals surface area contributed by atoms with Gasteiger partial charge in [0.05, 0.1) is 18.3 Å². The molecule has 0 spiro atoms. The predicted molar refractivity (Wildman–Crippen MR) is 106 cm³/mol. The normalized spacial score (nSPS) is 10.5. The molecule has 0 heterocycles. The Balaban J connectivity index is 1.81. The average Bonchev–Trinajstić information content (AvgIpc) is 2.58. The van der Waals surface area contributed by atoms with E-state index in [9.17, 15) is 4.79 Å². The number of ether oxygens (including phenoxy) is 2. The van der Waals surface area contributed by atoms with Crippen LogP contribution in [0.15, 0.2) is 36.4 Å². The number of aryl methyl sites for hydroxylation is 2. The van der Waals surface area contributed by atoms with E-state index < -0.39 is 0 Å². The second-order valence-electron chi connectivity index (χ2n) is 6.26. The number of anilines is 1. The van der Waals surface area contributed by atoms with Gasteiger partial charge in [-0.15, -0.1) is 0 Å². The monoisotopic (exact) mass is 376 g/mol. The molecule has 0 aliphatic rings. The smallest absolute Gasteiger partial charge is 0.319 e. The van der Waals surface area contributed by atoms with E-state index >= 15 is 0 Å². The number of amides is 2. The van der Waals surface area contributed by atoms with Crippen LogP contribution >= 0.6 is 11.6 Å². The Bertz CT molecular complexity index is 739. The zero-order valence-corrected chi connectivity index (χ0v) is 16.3. The number of hydrogen-bond acceptors (Lipinski definition) is 3. The fraction of sp³-hybridized carbons (Fsp3) is 0.350. The van der Waals surface area contributed by atoms with Crippen LogP contribution in [-0.2, 0) is 0 Å². The number of carbonyl (C=O) groups excluding carboxylic acids is 1. The average molecular weight is 377 g/mol. The van der Waals surface area contributed by atoms with Gasteiger partial charge >= 0.3 is 6.03 Å². The van der Waals surface area contributed by atoms with Crippen molar-refractivity contribution in [2.75, 3.05) is 18.5 Å². The molecule has 0 aliphatic heterocycles. The zero-order valence-electron chi connectivity index (χ0n) is 15.6. The van der Waals surface area contributed by atoms with Crippen molar-refractivity contribution in [1.82, 2.24) is 5.32 Å². The van der Waals surface area contributed by atoms with Crippen molar-refractivity contribution in [3.05, 3.63) is 52.5 Å². The minimum absolute atomic E-state index is 0.0284. The van der Waals surface area contributed by atoms with Crippen molar-refractivity contribution < 1.29 is 14.3 Å². The van der Waals surface area contributed by atoms with Crippen LogP contribution in [0.25, 0.3) is 0 Å². The molecule has 26 heavy (non-hydrogen) atoms. The summed E-state index contributed by atoms with van der Waals surface area (Å²) in [5.74, 6) is 1.38. The molecule has 0 unspecified atom stereocenters. The van der Waals surface area contributed by atoms with Gasteiger partial charge in [-0.3, -0.25) is 0 Å².